The van der Waals surface area contributed by atoms with E-state index in [2.05, 4.69) is 15.0 Å². The van der Waals surface area contributed by atoms with Crippen LogP contribution in [-0.2, 0) is 6.54 Å². The Morgan fingerprint density at radius 3 is 2.54 bits per heavy atom. The number of halogens is 2. The van der Waals surface area contributed by atoms with Gasteiger partial charge in [0.1, 0.15) is 0 Å². The number of alkyl halides is 2. The summed E-state index contributed by atoms with van der Waals surface area (Å²) in [7, 11) is 1.45. The van der Waals surface area contributed by atoms with Gasteiger partial charge in [-0.05, 0) is 55.6 Å². The normalized spacial score (nSPS) is 17.8. The van der Waals surface area contributed by atoms with Crippen molar-refractivity contribution in [3.05, 3.63) is 23.8 Å². The third-order valence-electron chi connectivity index (χ3n) is 4.98. The van der Waals surface area contributed by atoms with Gasteiger partial charge < -0.3 is 19.7 Å². The Labute approximate surface area is 158 Å². The van der Waals surface area contributed by atoms with E-state index in [1.54, 1.807) is 12.1 Å². The average Bonchev–Trinajstić information content (AvgIpc) is 3.46. The predicted octanol–water partition coefficient (Wildman–Crippen LogP) is 4.47. The molecule has 1 aromatic rings. The van der Waals surface area contributed by atoms with Crippen LogP contribution in [-0.4, -0.2) is 35.8 Å². The predicted molar refractivity (Wildman–Crippen MR) is 101 cm³/mol. The quantitative estimate of drug-likeness (QED) is 0.702. The minimum atomic E-state index is -2.87. The van der Waals surface area contributed by atoms with Crippen LogP contribution >= 0.6 is 12.2 Å². The maximum atomic E-state index is 12.5. The monoisotopic (exact) mass is 384 g/mol. The molecule has 144 valence electrons. The summed E-state index contributed by atoms with van der Waals surface area (Å²) in [5, 5.41) is 4.33. The topological polar surface area (TPSA) is 33.7 Å². The van der Waals surface area contributed by atoms with E-state index < -0.39 is 6.61 Å². The molecule has 0 atom stereocenters. The van der Waals surface area contributed by atoms with Crippen molar-refractivity contribution in [2.75, 3.05) is 7.11 Å². The average molecular weight is 384 g/mol. The molecule has 0 aromatic heterocycles. The fraction of sp³-hybridized carbons (Fsp3) is 0.632. The van der Waals surface area contributed by atoms with E-state index >= 15 is 0 Å². The van der Waals surface area contributed by atoms with Crippen molar-refractivity contribution < 1.29 is 18.3 Å². The van der Waals surface area contributed by atoms with Gasteiger partial charge in [-0.25, -0.2) is 0 Å². The lowest BCUT2D eigenvalue weighted by Gasteiger charge is -2.31. The number of benzene rings is 1. The summed E-state index contributed by atoms with van der Waals surface area (Å²) in [5.74, 6) is 0.358. The summed E-state index contributed by atoms with van der Waals surface area (Å²) in [6.45, 7) is -2.24. The van der Waals surface area contributed by atoms with Crippen LogP contribution in [0.2, 0.25) is 0 Å². The van der Waals surface area contributed by atoms with Gasteiger partial charge in [-0.2, -0.15) is 8.78 Å². The van der Waals surface area contributed by atoms with E-state index in [0.29, 0.717) is 24.4 Å². The molecule has 3 rings (SSSR count). The van der Waals surface area contributed by atoms with Crippen LogP contribution < -0.4 is 14.8 Å². The maximum absolute atomic E-state index is 12.5. The molecule has 1 N–H and O–H groups in total. The lowest BCUT2D eigenvalue weighted by Crippen LogP contribution is -2.45. The number of methoxy groups -OCH3 is 1. The molecule has 0 bridgehead atoms. The maximum Gasteiger partial charge on any atom is 0.387 e. The molecule has 2 saturated carbocycles. The fourth-order valence-corrected chi connectivity index (χ4v) is 3.84. The van der Waals surface area contributed by atoms with E-state index in [-0.39, 0.29) is 5.75 Å². The molecule has 0 heterocycles. The van der Waals surface area contributed by atoms with Crippen LogP contribution in [0.25, 0.3) is 0 Å². The molecule has 1 aromatic carbocycles. The fourth-order valence-electron chi connectivity index (χ4n) is 3.46. The molecular formula is C19H26F2N2O2S. The minimum Gasteiger partial charge on any atom is -0.493 e. The number of nitrogens with zero attached hydrogens (tertiary/aromatic N) is 1. The van der Waals surface area contributed by atoms with Crippen molar-refractivity contribution in [3.8, 4) is 11.5 Å². The number of ether oxygens (including phenoxy) is 2. The summed E-state index contributed by atoms with van der Waals surface area (Å²) in [6.07, 6.45) is 8.44. The second-order valence-electron chi connectivity index (χ2n) is 7.01. The number of rotatable bonds is 7. The van der Waals surface area contributed by atoms with Crippen molar-refractivity contribution in [1.29, 1.82) is 0 Å². The second-order valence-corrected chi connectivity index (χ2v) is 7.39. The Morgan fingerprint density at radius 1 is 1.19 bits per heavy atom. The first-order valence-corrected chi connectivity index (χ1v) is 9.66. The van der Waals surface area contributed by atoms with Gasteiger partial charge >= 0.3 is 6.61 Å². The minimum absolute atomic E-state index is 0.0483. The highest BCUT2D eigenvalue weighted by atomic mass is 32.1. The molecule has 7 heteroatoms. The van der Waals surface area contributed by atoms with Crippen LogP contribution in [0.3, 0.4) is 0 Å². The molecule has 0 saturated heterocycles. The Kier molecular flexibility index (Phi) is 6.51. The van der Waals surface area contributed by atoms with E-state index in [1.807, 2.05) is 0 Å². The van der Waals surface area contributed by atoms with E-state index in [9.17, 15) is 8.78 Å². The first-order valence-electron chi connectivity index (χ1n) is 9.25. The Hall–Kier alpha value is -1.63. The highest BCUT2D eigenvalue weighted by molar-refractivity contribution is 7.80. The van der Waals surface area contributed by atoms with Crippen LogP contribution in [0.4, 0.5) is 8.78 Å². The smallest absolute Gasteiger partial charge is 0.387 e. The van der Waals surface area contributed by atoms with E-state index in [0.717, 1.165) is 23.5 Å². The van der Waals surface area contributed by atoms with Crippen LogP contribution in [0, 0.1) is 0 Å². The van der Waals surface area contributed by atoms with Crippen molar-refractivity contribution >= 4 is 17.3 Å². The second kappa shape index (κ2) is 8.84. The van der Waals surface area contributed by atoms with Gasteiger partial charge in [0.15, 0.2) is 16.6 Å². The van der Waals surface area contributed by atoms with Crippen LogP contribution in [0.15, 0.2) is 18.2 Å². The highest BCUT2D eigenvalue weighted by Gasteiger charge is 2.32. The Balaban J connectivity index is 1.66. The van der Waals surface area contributed by atoms with Crippen molar-refractivity contribution in [2.45, 2.75) is 70.2 Å². The first-order chi connectivity index (χ1) is 12.6. The van der Waals surface area contributed by atoms with Crippen LogP contribution in [0.5, 0.6) is 11.5 Å². The summed E-state index contributed by atoms with van der Waals surface area (Å²) >= 11 is 5.68. The highest BCUT2D eigenvalue weighted by Crippen LogP contribution is 2.33. The summed E-state index contributed by atoms with van der Waals surface area (Å²) in [6, 6.07) is 5.99. The first kappa shape index (κ1) is 19.1. The van der Waals surface area contributed by atoms with E-state index in [1.165, 1.54) is 45.3 Å². The number of hydrogen-bond acceptors (Lipinski definition) is 3. The third-order valence-corrected chi connectivity index (χ3v) is 5.33. The Morgan fingerprint density at radius 2 is 1.92 bits per heavy atom. The molecular weight excluding hydrogens is 358 g/mol. The van der Waals surface area contributed by atoms with Gasteiger partial charge in [-0.1, -0.05) is 25.3 Å². The zero-order valence-corrected chi connectivity index (χ0v) is 15.9. The van der Waals surface area contributed by atoms with Crippen molar-refractivity contribution in [2.24, 2.45) is 0 Å². The molecule has 2 aliphatic carbocycles. The zero-order chi connectivity index (χ0) is 18.5. The Bertz CT molecular complexity index is 620. The lowest BCUT2D eigenvalue weighted by atomic mass is 9.96. The molecule has 0 unspecified atom stereocenters. The lowest BCUT2D eigenvalue weighted by molar-refractivity contribution is -0.0512. The summed E-state index contributed by atoms with van der Waals surface area (Å²) in [4.78, 5) is 2.21. The van der Waals surface area contributed by atoms with Crippen molar-refractivity contribution in [3.63, 3.8) is 0 Å². The SMILES string of the molecule is COc1cc(CN(C(=S)NC2CCCCC2)C2CC2)ccc1OC(F)F. The largest absolute Gasteiger partial charge is 0.493 e. The number of hydrogen-bond donors (Lipinski definition) is 1. The van der Waals surface area contributed by atoms with Gasteiger partial charge in [-0.15, -0.1) is 0 Å². The number of thiocarbonyl (C=S) groups is 1. The van der Waals surface area contributed by atoms with Gasteiger partial charge in [0.25, 0.3) is 0 Å². The van der Waals surface area contributed by atoms with Gasteiger partial charge in [0.05, 0.1) is 7.11 Å². The molecule has 0 amide bonds. The standard InChI is InChI=1S/C19H26F2N2O2S/c1-24-17-11-13(7-10-16(17)25-18(20)21)12-23(15-8-9-15)19(26)22-14-5-3-2-4-6-14/h7,10-11,14-15,18H,2-6,8-9,12H2,1H3,(H,22,26). The molecule has 0 spiro atoms. The van der Waals surface area contributed by atoms with E-state index in [4.69, 9.17) is 17.0 Å². The molecule has 4 nitrogen and oxygen atoms in total. The van der Waals surface area contributed by atoms with Gasteiger partial charge in [0, 0.05) is 18.6 Å². The molecule has 0 radical (unpaired) electrons. The zero-order valence-electron chi connectivity index (χ0n) is 15.0. The van der Waals surface area contributed by atoms with Gasteiger partial charge in [-0.3, -0.25) is 0 Å². The van der Waals surface area contributed by atoms with Crippen LogP contribution in [0.1, 0.15) is 50.5 Å². The molecule has 0 aliphatic heterocycles. The summed E-state index contributed by atoms with van der Waals surface area (Å²) < 4.78 is 34.7. The number of nitrogens with one attached hydrogen (secondary N) is 1. The molecule has 26 heavy (non-hydrogen) atoms. The third kappa shape index (κ3) is 5.19. The van der Waals surface area contributed by atoms with Crippen molar-refractivity contribution in [1.82, 2.24) is 10.2 Å². The molecule has 2 aliphatic rings. The molecule has 2 fully saturated rings. The van der Waals surface area contributed by atoms with Gasteiger partial charge in [0.2, 0.25) is 0 Å². The summed E-state index contributed by atoms with van der Waals surface area (Å²) in [5.41, 5.74) is 0.961.